The number of benzene rings is 2. The Hall–Kier alpha value is -2.66. The molecule has 0 radical (unpaired) electrons. The van der Waals surface area contributed by atoms with Gasteiger partial charge in [-0.2, -0.15) is 0 Å². The number of hydrogen-bond donors (Lipinski definition) is 1. The smallest absolute Gasteiger partial charge is 0.258 e. The minimum absolute atomic E-state index is 0.0982. The lowest BCUT2D eigenvalue weighted by molar-refractivity contribution is 0.219. The van der Waals surface area contributed by atoms with E-state index in [9.17, 15) is 4.79 Å². The predicted octanol–water partition coefficient (Wildman–Crippen LogP) is 2.99. The summed E-state index contributed by atoms with van der Waals surface area (Å²) in [6.07, 6.45) is 0.441. The second-order valence-corrected chi connectivity index (χ2v) is 6.55. The van der Waals surface area contributed by atoms with Crippen LogP contribution in [-0.2, 0) is 13.0 Å². The number of aromatic amines is 1. The normalized spacial score (nSPS) is 12.5. The number of fused-ring (bicyclic) bond motifs is 1. The van der Waals surface area contributed by atoms with Crippen LogP contribution in [0.1, 0.15) is 18.3 Å². The molecule has 3 aromatic rings. The third kappa shape index (κ3) is 4.45. The molecule has 130 valence electrons. The summed E-state index contributed by atoms with van der Waals surface area (Å²) in [6, 6.07) is 15.4. The first-order chi connectivity index (χ1) is 12.0. The summed E-state index contributed by atoms with van der Waals surface area (Å²) >= 11 is 0. The SMILES string of the molecule is CC(Cc1nc2ccccc2c(=O)[nH]1)Oc1cccc(CN(C)C)c1. The quantitative estimate of drug-likeness (QED) is 0.751. The number of H-pyrrole nitrogens is 1. The van der Waals surface area contributed by atoms with E-state index in [2.05, 4.69) is 20.9 Å². The first kappa shape index (κ1) is 17.2. The second kappa shape index (κ2) is 7.49. The van der Waals surface area contributed by atoms with Gasteiger partial charge in [0.1, 0.15) is 17.7 Å². The van der Waals surface area contributed by atoms with Gasteiger partial charge >= 0.3 is 0 Å². The summed E-state index contributed by atoms with van der Waals surface area (Å²) in [5, 5.41) is 0.608. The number of nitrogens with one attached hydrogen (secondary N) is 1. The van der Waals surface area contributed by atoms with Crippen molar-refractivity contribution in [2.24, 2.45) is 0 Å². The molecule has 1 aromatic heterocycles. The van der Waals surface area contributed by atoms with Crippen molar-refractivity contribution in [1.29, 1.82) is 0 Å². The Morgan fingerprint density at radius 1 is 1.16 bits per heavy atom. The highest BCUT2D eigenvalue weighted by atomic mass is 16.5. The fourth-order valence-corrected chi connectivity index (χ4v) is 2.86. The van der Waals surface area contributed by atoms with Crippen molar-refractivity contribution in [3.05, 3.63) is 70.3 Å². The third-order valence-electron chi connectivity index (χ3n) is 3.88. The van der Waals surface area contributed by atoms with Crippen LogP contribution in [0.5, 0.6) is 5.75 Å². The zero-order valence-electron chi connectivity index (χ0n) is 14.8. The first-order valence-corrected chi connectivity index (χ1v) is 8.39. The van der Waals surface area contributed by atoms with E-state index in [-0.39, 0.29) is 11.7 Å². The van der Waals surface area contributed by atoms with Crippen LogP contribution in [0.4, 0.5) is 0 Å². The van der Waals surface area contributed by atoms with Gasteiger partial charge < -0.3 is 14.6 Å². The largest absolute Gasteiger partial charge is 0.490 e. The lowest BCUT2D eigenvalue weighted by Gasteiger charge is -2.16. The van der Waals surface area contributed by atoms with Crippen molar-refractivity contribution in [3.63, 3.8) is 0 Å². The number of aromatic nitrogens is 2. The van der Waals surface area contributed by atoms with E-state index in [4.69, 9.17) is 4.74 Å². The van der Waals surface area contributed by atoms with Gasteiger partial charge in [0, 0.05) is 13.0 Å². The van der Waals surface area contributed by atoms with E-state index >= 15 is 0 Å². The monoisotopic (exact) mass is 337 g/mol. The van der Waals surface area contributed by atoms with Crippen LogP contribution in [0.2, 0.25) is 0 Å². The average molecular weight is 337 g/mol. The summed E-state index contributed by atoms with van der Waals surface area (Å²) in [4.78, 5) is 21.6. The van der Waals surface area contributed by atoms with Crippen molar-refractivity contribution < 1.29 is 4.74 Å². The Balaban J connectivity index is 1.72. The van der Waals surface area contributed by atoms with Crippen LogP contribution >= 0.6 is 0 Å². The van der Waals surface area contributed by atoms with E-state index in [0.29, 0.717) is 23.1 Å². The number of ether oxygens (including phenoxy) is 1. The van der Waals surface area contributed by atoms with Gasteiger partial charge in [-0.3, -0.25) is 4.79 Å². The molecule has 1 N–H and O–H groups in total. The van der Waals surface area contributed by atoms with Crippen LogP contribution < -0.4 is 10.3 Å². The molecule has 0 saturated carbocycles. The van der Waals surface area contributed by atoms with Gasteiger partial charge in [0.05, 0.1) is 10.9 Å². The molecule has 5 heteroatoms. The molecule has 0 bridgehead atoms. The van der Waals surface area contributed by atoms with Crippen molar-refractivity contribution in [3.8, 4) is 5.75 Å². The molecule has 25 heavy (non-hydrogen) atoms. The minimum atomic E-state index is -0.110. The van der Waals surface area contributed by atoms with Gasteiger partial charge in [-0.1, -0.05) is 24.3 Å². The standard InChI is InChI=1S/C20H23N3O2/c1-14(25-16-8-6-7-15(12-16)13-23(2)3)11-19-21-18-10-5-4-9-17(18)20(24)22-19/h4-10,12,14H,11,13H2,1-3H3,(H,21,22,24). The van der Waals surface area contributed by atoms with E-state index in [1.165, 1.54) is 5.56 Å². The number of hydrogen-bond acceptors (Lipinski definition) is 4. The van der Waals surface area contributed by atoms with Crippen molar-refractivity contribution in [2.75, 3.05) is 14.1 Å². The Bertz CT molecular complexity index is 918. The molecule has 0 amide bonds. The number of nitrogens with zero attached hydrogens (tertiary/aromatic N) is 2. The molecule has 2 aromatic carbocycles. The topological polar surface area (TPSA) is 58.2 Å². The van der Waals surface area contributed by atoms with Crippen LogP contribution in [0.15, 0.2) is 53.3 Å². The molecule has 0 aliphatic carbocycles. The fraction of sp³-hybridized carbons (Fsp3) is 0.300. The van der Waals surface area contributed by atoms with Crippen molar-refractivity contribution in [2.45, 2.75) is 26.0 Å². The summed E-state index contributed by atoms with van der Waals surface area (Å²) in [5.74, 6) is 1.47. The lowest BCUT2D eigenvalue weighted by Crippen LogP contribution is -2.20. The fourth-order valence-electron chi connectivity index (χ4n) is 2.86. The van der Waals surface area contributed by atoms with Crippen molar-refractivity contribution in [1.82, 2.24) is 14.9 Å². The van der Waals surface area contributed by atoms with Crippen LogP contribution in [-0.4, -0.2) is 35.1 Å². The molecule has 5 nitrogen and oxygen atoms in total. The van der Waals surface area contributed by atoms with E-state index < -0.39 is 0 Å². The molecule has 0 aliphatic heterocycles. The van der Waals surface area contributed by atoms with Gasteiger partial charge in [0.25, 0.3) is 5.56 Å². The molecule has 0 saturated heterocycles. The number of para-hydroxylation sites is 1. The molecule has 0 spiro atoms. The molecule has 3 rings (SSSR count). The zero-order chi connectivity index (χ0) is 17.8. The van der Waals surface area contributed by atoms with Gasteiger partial charge in [0.2, 0.25) is 0 Å². The number of rotatable bonds is 6. The van der Waals surface area contributed by atoms with Gasteiger partial charge in [0.15, 0.2) is 0 Å². The second-order valence-electron chi connectivity index (χ2n) is 6.55. The van der Waals surface area contributed by atoms with Crippen LogP contribution in [0.3, 0.4) is 0 Å². The molecular formula is C20H23N3O2. The summed E-state index contributed by atoms with van der Waals surface area (Å²) in [6.45, 7) is 2.85. The van der Waals surface area contributed by atoms with Crippen molar-refractivity contribution >= 4 is 10.9 Å². The highest BCUT2D eigenvalue weighted by Gasteiger charge is 2.10. The molecular weight excluding hydrogens is 314 g/mol. The van der Waals surface area contributed by atoms with E-state index in [1.54, 1.807) is 6.07 Å². The summed E-state index contributed by atoms with van der Waals surface area (Å²) in [5.41, 5.74) is 1.80. The Morgan fingerprint density at radius 3 is 2.76 bits per heavy atom. The maximum atomic E-state index is 12.1. The Morgan fingerprint density at radius 2 is 1.96 bits per heavy atom. The van der Waals surface area contributed by atoms with Gasteiger partial charge in [-0.15, -0.1) is 0 Å². The minimum Gasteiger partial charge on any atom is -0.490 e. The summed E-state index contributed by atoms with van der Waals surface area (Å²) in [7, 11) is 4.08. The third-order valence-corrected chi connectivity index (χ3v) is 3.88. The predicted molar refractivity (Wildman–Crippen MR) is 100.0 cm³/mol. The van der Waals surface area contributed by atoms with E-state index in [1.807, 2.05) is 57.4 Å². The zero-order valence-corrected chi connectivity index (χ0v) is 14.8. The molecule has 0 aliphatic rings. The Labute approximate surface area is 147 Å². The maximum absolute atomic E-state index is 12.1. The highest BCUT2D eigenvalue weighted by molar-refractivity contribution is 5.77. The van der Waals surface area contributed by atoms with Gasteiger partial charge in [-0.05, 0) is 50.8 Å². The van der Waals surface area contributed by atoms with Crippen LogP contribution in [0, 0.1) is 0 Å². The maximum Gasteiger partial charge on any atom is 0.258 e. The summed E-state index contributed by atoms with van der Waals surface area (Å²) < 4.78 is 6.01. The molecule has 1 atom stereocenters. The van der Waals surface area contributed by atoms with Crippen LogP contribution in [0.25, 0.3) is 10.9 Å². The first-order valence-electron chi connectivity index (χ1n) is 8.39. The van der Waals surface area contributed by atoms with E-state index in [0.717, 1.165) is 12.3 Å². The average Bonchev–Trinajstić information content (AvgIpc) is 2.54. The molecule has 1 unspecified atom stereocenters. The van der Waals surface area contributed by atoms with Gasteiger partial charge in [-0.25, -0.2) is 4.98 Å². The molecule has 1 heterocycles. The lowest BCUT2D eigenvalue weighted by atomic mass is 10.2. The highest BCUT2D eigenvalue weighted by Crippen LogP contribution is 2.17. The molecule has 0 fully saturated rings. The Kier molecular flexibility index (Phi) is 5.14.